The third-order valence-corrected chi connectivity index (χ3v) is 3.87. The summed E-state index contributed by atoms with van der Waals surface area (Å²) in [6.07, 6.45) is -0.769. The summed E-state index contributed by atoms with van der Waals surface area (Å²) < 4.78 is 32.9. The van der Waals surface area contributed by atoms with Crippen LogP contribution in [0.5, 0.6) is 0 Å². The quantitative estimate of drug-likeness (QED) is 0.908. The Morgan fingerprint density at radius 3 is 2.52 bits per heavy atom. The number of likely N-dealkylation sites (tertiary alicyclic amines) is 1. The van der Waals surface area contributed by atoms with Crippen LogP contribution in [0.15, 0.2) is 18.2 Å². The molecule has 0 spiro atoms. The Hall–Kier alpha value is -1.69. The lowest BCUT2D eigenvalue weighted by Crippen LogP contribution is -2.48. The summed E-state index contributed by atoms with van der Waals surface area (Å²) in [7, 11) is 0. The lowest BCUT2D eigenvalue weighted by Gasteiger charge is -2.37. The highest BCUT2D eigenvalue weighted by atomic mass is 19.1. The second-order valence-electron chi connectivity index (χ2n) is 6.95. The minimum absolute atomic E-state index is 0.0406. The van der Waals surface area contributed by atoms with Crippen LogP contribution in [0.2, 0.25) is 0 Å². The SMILES string of the molecule is CC(C)(C)OC(=O)N1CCC(O)C(Cc2c(F)cccc2F)C1. The molecule has 1 amide bonds. The maximum absolute atomic E-state index is 13.8. The zero-order valence-corrected chi connectivity index (χ0v) is 13.7. The summed E-state index contributed by atoms with van der Waals surface area (Å²) in [5.74, 6) is -1.69. The predicted octanol–water partition coefficient (Wildman–Crippen LogP) is 3.13. The van der Waals surface area contributed by atoms with Gasteiger partial charge in [-0.05, 0) is 45.7 Å². The minimum Gasteiger partial charge on any atom is -0.444 e. The van der Waals surface area contributed by atoms with Crippen LogP contribution in [-0.2, 0) is 11.2 Å². The summed E-state index contributed by atoms with van der Waals surface area (Å²) in [5, 5.41) is 10.1. The van der Waals surface area contributed by atoms with Gasteiger partial charge in [-0.2, -0.15) is 0 Å². The number of aliphatic hydroxyl groups excluding tert-OH is 1. The summed E-state index contributed by atoms with van der Waals surface area (Å²) >= 11 is 0. The van der Waals surface area contributed by atoms with E-state index < -0.39 is 35.4 Å². The lowest BCUT2D eigenvalue weighted by atomic mass is 9.88. The Labute approximate surface area is 135 Å². The molecule has 128 valence electrons. The number of nitrogens with zero attached hydrogens (tertiary/aromatic N) is 1. The fraction of sp³-hybridized carbons (Fsp3) is 0.588. The van der Waals surface area contributed by atoms with Gasteiger partial charge in [0.2, 0.25) is 0 Å². The van der Waals surface area contributed by atoms with Crippen molar-refractivity contribution in [3.05, 3.63) is 35.4 Å². The number of piperidine rings is 1. The Morgan fingerprint density at radius 1 is 1.35 bits per heavy atom. The molecular weight excluding hydrogens is 304 g/mol. The minimum atomic E-state index is -0.701. The Balaban J connectivity index is 2.08. The molecule has 1 fully saturated rings. The molecule has 23 heavy (non-hydrogen) atoms. The summed E-state index contributed by atoms with van der Waals surface area (Å²) in [6.45, 7) is 5.90. The van der Waals surface area contributed by atoms with E-state index in [1.165, 1.54) is 23.1 Å². The number of halogens is 2. The number of carbonyl (C=O) groups is 1. The maximum atomic E-state index is 13.8. The molecule has 6 heteroatoms. The van der Waals surface area contributed by atoms with Gasteiger partial charge in [0.15, 0.2) is 0 Å². The average Bonchev–Trinajstić information content (AvgIpc) is 2.43. The number of amides is 1. The number of aliphatic hydroxyl groups is 1. The Bertz CT molecular complexity index is 551. The number of rotatable bonds is 2. The highest BCUT2D eigenvalue weighted by Crippen LogP contribution is 2.25. The zero-order valence-electron chi connectivity index (χ0n) is 13.7. The smallest absolute Gasteiger partial charge is 0.410 e. The van der Waals surface area contributed by atoms with Crippen molar-refractivity contribution >= 4 is 6.09 Å². The van der Waals surface area contributed by atoms with Crippen molar-refractivity contribution < 1.29 is 23.4 Å². The largest absolute Gasteiger partial charge is 0.444 e. The molecule has 0 bridgehead atoms. The first-order valence-corrected chi connectivity index (χ1v) is 7.76. The summed E-state index contributed by atoms with van der Waals surface area (Å²) in [4.78, 5) is 13.6. The van der Waals surface area contributed by atoms with E-state index in [-0.39, 0.29) is 18.5 Å². The van der Waals surface area contributed by atoms with Crippen LogP contribution in [0.1, 0.15) is 32.8 Å². The van der Waals surface area contributed by atoms with Gasteiger partial charge in [-0.25, -0.2) is 13.6 Å². The van der Waals surface area contributed by atoms with E-state index in [1.807, 2.05) is 0 Å². The first kappa shape index (κ1) is 17.7. The first-order valence-electron chi connectivity index (χ1n) is 7.76. The number of hydrogen-bond acceptors (Lipinski definition) is 3. The Morgan fingerprint density at radius 2 is 1.96 bits per heavy atom. The normalized spacial score (nSPS) is 22.1. The van der Waals surface area contributed by atoms with Crippen LogP contribution in [0.4, 0.5) is 13.6 Å². The molecule has 2 rings (SSSR count). The van der Waals surface area contributed by atoms with Gasteiger partial charge in [-0.3, -0.25) is 0 Å². The van der Waals surface area contributed by atoms with E-state index in [4.69, 9.17) is 4.74 Å². The van der Waals surface area contributed by atoms with Gasteiger partial charge in [0.1, 0.15) is 17.2 Å². The van der Waals surface area contributed by atoms with Crippen molar-refractivity contribution in [2.75, 3.05) is 13.1 Å². The molecule has 1 heterocycles. The summed E-state index contributed by atoms with van der Waals surface area (Å²) in [6, 6.07) is 3.69. The van der Waals surface area contributed by atoms with Crippen molar-refractivity contribution in [1.29, 1.82) is 0 Å². The molecular formula is C17H23F2NO3. The number of ether oxygens (including phenoxy) is 1. The predicted molar refractivity (Wildman–Crippen MR) is 82.0 cm³/mol. The first-order chi connectivity index (χ1) is 10.7. The van der Waals surface area contributed by atoms with E-state index in [2.05, 4.69) is 0 Å². The highest BCUT2D eigenvalue weighted by molar-refractivity contribution is 5.68. The van der Waals surface area contributed by atoms with Gasteiger partial charge in [0.05, 0.1) is 6.10 Å². The van der Waals surface area contributed by atoms with Crippen LogP contribution in [0.25, 0.3) is 0 Å². The second-order valence-corrected chi connectivity index (χ2v) is 6.95. The van der Waals surface area contributed by atoms with Crippen LogP contribution in [0.3, 0.4) is 0 Å². The monoisotopic (exact) mass is 327 g/mol. The molecule has 1 N–H and O–H groups in total. The van der Waals surface area contributed by atoms with Crippen LogP contribution < -0.4 is 0 Å². The molecule has 1 aliphatic rings. The number of hydrogen-bond donors (Lipinski definition) is 1. The summed E-state index contributed by atoms with van der Waals surface area (Å²) in [5.41, 5.74) is -0.664. The van der Waals surface area contributed by atoms with Crippen molar-refractivity contribution in [3.63, 3.8) is 0 Å². The molecule has 1 aromatic rings. The van der Waals surface area contributed by atoms with Crippen molar-refractivity contribution in [1.82, 2.24) is 4.90 Å². The number of benzene rings is 1. The van der Waals surface area contributed by atoms with E-state index in [1.54, 1.807) is 20.8 Å². The molecule has 0 radical (unpaired) electrons. The zero-order chi connectivity index (χ0) is 17.2. The highest BCUT2D eigenvalue weighted by Gasteiger charge is 2.33. The average molecular weight is 327 g/mol. The van der Waals surface area contributed by atoms with Gasteiger partial charge in [0, 0.05) is 24.6 Å². The molecule has 1 aromatic carbocycles. The van der Waals surface area contributed by atoms with Crippen LogP contribution in [0, 0.1) is 17.6 Å². The van der Waals surface area contributed by atoms with E-state index in [0.717, 1.165) is 0 Å². The molecule has 1 saturated heterocycles. The fourth-order valence-electron chi connectivity index (χ4n) is 2.70. The third-order valence-electron chi connectivity index (χ3n) is 3.87. The van der Waals surface area contributed by atoms with Crippen molar-refractivity contribution in [3.8, 4) is 0 Å². The van der Waals surface area contributed by atoms with Crippen molar-refractivity contribution in [2.45, 2.75) is 45.3 Å². The fourth-order valence-corrected chi connectivity index (χ4v) is 2.70. The lowest BCUT2D eigenvalue weighted by molar-refractivity contribution is -0.00847. The van der Waals surface area contributed by atoms with Gasteiger partial charge in [0.25, 0.3) is 0 Å². The second kappa shape index (κ2) is 6.83. The van der Waals surface area contributed by atoms with Gasteiger partial charge in [-0.1, -0.05) is 6.07 Å². The molecule has 2 atom stereocenters. The van der Waals surface area contributed by atoms with E-state index in [9.17, 15) is 18.7 Å². The molecule has 2 unspecified atom stereocenters. The van der Waals surface area contributed by atoms with Crippen molar-refractivity contribution in [2.24, 2.45) is 5.92 Å². The number of carbonyl (C=O) groups excluding carboxylic acids is 1. The van der Waals surface area contributed by atoms with Gasteiger partial charge in [-0.15, -0.1) is 0 Å². The van der Waals surface area contributed by atoms with Crippen LogP contribution >= 0.6 is 0 Å². The molecule has 0 saturated carbocycles. The van der Waals surface area contributed by atoms with Gasteiger partial charge >= 0.3 is 6.09 Å². The topological polar surface area (TPSA) is 49.8 Å². The van der Waals surface area contributed by atoms with Gasteiger partial charge < -0.3 is 14.7 Å². The molecule has 4 nitrogen and oxygen atoms in total. The van der Waals surface area contributed by atoms with E-state index in [0.29, 0.717) is 13.0 Å². The molecule has 0 aliphatic carbocycles. The van der Waals surface area contributed by atoms with Crippen LogP contribution in [-0.4, -0.2) is 40.9 Å². The molecule has 1 aliphatic heterocycles. The molecule has 0 aromatic heterocycles. The standard InChI is InChI=1S/C17H23F2NO3/c1-17(2,3)23-16(22)20-8-7-15(21)11(10-20)9-12-13(18)5-4-6-14(12)19/h4-6,11,15,21H,7-10H2,1-3H3. The maximum Gasteiger partial charge on any atom is 0.410 e. The Kier molecular flexibility index (Phi) is 5.24. The van der Waals surface area contributed by atoms with E-state index >= 15 is 0 Å². The third kappa shape index (κ3) is 4.64.